The van der Waals surface area contributed by atoms with Crippen molar-refractivity contribution in [2.45, 2.75) is 112 Å². The molecule has 0 aromatic heterocycles. The molecule has 0 radical (unpaired) electrons. The number of carboxylic acid groups (broad SMARTS) is 1. The van der Waals surface area contributed by atoms with Gasteiger partial charge in [-0.25, -0.2) is 4.79 Å². The lowest BCUT2D eigenvalue weighted by Gasteiger charge is -2.58. The number of hydrogen-bond acceptors (Lipinski definition) is 7. The van der Waals surface area contributed by atoms with Gasteiger partial charge in [0.25, 0.3) is 0 Å². The van der Waals surface area contributed by atoms with Crippen molar-refractivity contribution in [1.82, 2.24) is 0 Å². The Morgan fingerprint density at radius 3 is 2.38 bits per heavy atom. The molecule has 3 aliphatic carbocycles. The standard InChI is InChI=1S/C34H48O8/c1-20(30(38)39)9-11-27(41-23(4)36)21(2)24-13-16-33(8)25-10-12-28-31(5,6)42-29(37)15-18-34(28,19-40-22(3)35)26(25)14-17-32(24,33)7/h9-10,14,21,24,27-28H,11-13,15-19H2,1-8H3,(H,38,39)/t21-,24+,27-,28-,32+,33-,34-/m0/s1. The molecule has 1 heterocycles. The van der Waals surface area contributed by atoms with E-state index in [0.717, 1.165) is 25.7 Å². The Bertz CT molecular complexity index is 1240. The van der Waals surface area contributed by atoms with Crippen LogP contribution in [0.5, 0.6) is 0 Å². The first-order valence-corrected chi connectivity index (χ1v) is 15.3. The van der Waals surface area contributed by atoms with Crippen LogP contribution in [-0.4, -0.2) is 47.3 Å². The van der Waals surface area contributed by atoms with Crippen molar-refractivity contribution in [1.29, 1.82) is 0 Å². The number of esters is 3. The molecule has 4 rings (SSSR count). The van der Waals surface area contributed by atoms with Gasteiger partial charge in [-0.15, -0.1) is 0 Å². The highest BCUT2D eigenvalue weighted by molar-refractivity contribution is 5.85. The van der Waals surface area contributed by atoms with Crippen LogP contribution in [0.2, 0.25) is 0 Å². The summed E-state index contributed by atoms with van der Waals surface area (Å²) in [7, 11) is 0. The number of fused-ring (bicyclic) bond motifs is 5. The summed E-state index contributed by atoms with van der Waals surface area (Å²) in [4.78, 5) is 48.3. The molecule has 0 spiro atoms. The van der Waals surface area contributed by atoms with Gasteiger partial charge >= 0.3 is 23.9 Å². The van der Waals surface area contributed by atoms with E-state index in [1.807, 2.05) is 13.8 Å². The van der Waals surface area contributed by atoms with E-state index >= 15 is 0 Å². The molecule has 2 fully saturated rings. The molecular formula is C34H48O8. The number of allylic oxidation sites excluding steroid dienone is 3. The fraction of sp³-hybridized carbons (Fsp3) is 0.706. The average Bonchev–Trinajstić information content (AvgIpc) is 3.12. The molecule has 0 unspecified atom stereocenters. The maximum atomic E-state index is 12.7. The number of cyclic esters (lactones) is 1. The minimum Gasteiger partial charge on any atom is -0.478 e. The Labute approximate surface area is 249 Å². The van der Waals surface area contributed by atoms with Crippen LogP contribution in [0.3, 0.4) is 0 Å². The van der Waals surface area contributed by atoms with Gasteiger partial charge in [0.05, 0.1) is 0 Å². The summed E-state index contributed by atoms with van der Waals surface area (Å²) >= 11 is 0. The predicted octanol–water partition coefficient (Wildman–Crippen LogP) is 6.34. The molecule has 7 atom stereocenters. The number of carbonyl (C=O) groups is 4. The van der Waals surface area contributed by atoms with Crippen LogP contribution in [0, 0.1) is 34.0 Å². The molecule has 232 valence electrons. The third kappa shape index (κ3) is 5.35. The molecule has 1 saturated carbocycles. The lowest BCUT2D eigenvalue weighted by molar-refractivity contribution is -0.164. The lowest BCUT2D eigenvalue weighted by atomic mass is 9.47. The lowest BCUT2D eigenvalue weighted by Crippen LogP contribution is -2.53. The molecule has 0 aromatic rings. The molecule has 8 nitrogen and oxygen atoms in total. The molecule has 1 N–H and O–H groups in total. The first-order valence-electron chi connectivity index (χ1n) is 15.3. The summed E-state index contributed by atoms with van der Waals surface area (Å²) in [5.74, 6) is -1.71. The molecule has 1 aliphatic heterocycles. The minimum atomic E-state index is -0.978. The topological polar surface area (TPSA) is 116 Å². The molecule has 8 heteroatoms. The molecule has 42 heavy (non-hydrogen) atoms. The maximum Gasteiger partial charge on any atom is 0.330 e. The SMILES string of the molecule is CC(=O)OC[C@]12CCC(=O)OC(C)(C)[C@@H]1CC=C1C2=CC[C@]2(C)[C@@H]([C@H](C)[C@H](CC=C(C)C(=O)O)OC(C)=O)CC[C@@]12C. The second-order valence-corrected chi connectivity index (χ2v) is 14.1. The Hall–Kier alpha value is -2.90. The molecule has 0 aromatic carbocycles. The number of carbonyl (C=O) groups excluding carboxylic acids is 3. The van der Waals surface area contributed by atoms with E-state index in [1.54, 1.807) is 13.0 Å². The summed E-state index contributed by atoms with van der Waals surface area (Å²) in [6.45, 7) is 15.4. The third-order valence-electron chi connectivity index (χ3n) is 11.5. The van der Waals surface area contributed by atoms with Crippen molar-refractivity contribution < 1.29 is 38.5 Å². The van der Waals surface area contributed by atoms with Crippen molar-refractivity contribution in [2.75, 3.05) is 6.61 Å². The summed E-state index contributed by atoms with van der Waals surface area (Å²) in [5, 5.41) is 9.36. The van der Waals surface area contributed by atoms with Crippen LogP contribution in [0.15, 0.2) is 34.9 Å². The average molecular weight is 585 g/mol. The Morgan fingerprint density at radius 1 is 1.07 bits per heavy atom. The fourth-order valence-electron chi connectivity index (χ4n) is 9.00. The second-order valence-electron chi connectivity index (χ2n) is 14.1. The van der Waals surface area contributed by atoms with Gasteiger partial charge in [-0.3, -0.25) is 14.4 Å². The summed E-state index contributed by atoms with van der Waals surface area (Å²) in [6, 6.07) is 0. The van der Waals surface area contributed by atoms with E-state index in [9.17, 15) is 24.3 Å². The van der Waals surface area contributed by atoms with E-state index in [0.29, 0.717) is 12.8 Å². The van der Waals surface area contributed by atoms with Gasteiger partial charge in [0, 0.05) is 43.6 Å². The zero-order chi connectivity index (χ0) is 31.3. The summed E-state index contributed by atoms with van der Waals surface area (Å²) < 4.78 is 17.5. The van der Waals surface area contributed by atoms with Crippen LogP contribution in [0.1, 0.15) is 100 Å². The van der Waals surface area contributed by atoms with Crippen molar-refractivity contribution in [3.63, 3.8) is 0 Å². The maximum absolute atomic E-state index is 12.7. The monoisotopic (exact) mass is 584 g/mol. The predicted molar refractivity (Wildman–Crippen MR) is 157 cm³/mol. The Kier molecular flexibility index (Phi) is 8.62. The minimum absolute atomic E-state index is 0.00306. The number of rotatable bonds is 8. The quantitative estimate of drug-likeness (QED) is 0.200. The van der Waals surface area contributed by atoms with Gasteiger partial charge in [-0.2, -0.15) is 0 Å². The fourth-order valence-corrected chi connectivity index (χ4v) is 9.00. The van der Waals surface area contributed by atoms with Crippen LogP contribution < -0.4 is 0 Å². The molecule has 1 saturated heterocycles. The highest BCUT2D eigenvalue weighted by Crippen LogP contribution is 2.71. The van der Waals surface area contributed by atoms with Crippen LogP contribution in [-0.2, 0) is 33.4 Å². The normalized spacial score (nSPS) is 35.1. The van der Waals surface area contributed by atoms with Crippen molar-refractivity contribution in [3.05, 3.63) is 34.9 Å². The first kappa shape index (κ1) is 32.0. The summed E-state index contributed by atoms with van der Waals surface area (Å²) in [5.41, 5.74) is 1.14. The van der Waals surface area contributed by atoms with E-state index in [4.69, 9.17) is 14.2 Å². The zero-order valence-corrected chi connectivity index (χ0v) is 26.5. The molecule has 0 amide bonds. The first-order chi connectivity index (χ1) is 19.5. The van der Waals surface area contributed by atoms with Crippen molar-refractivity contribution in [3.8, 4) is 0 Å². The van der Waals surface area contributed by atoms with Crippen LogP contribution in [0.25, 0.3) is 0 Å². The van der Waals surface area contributed by atoms with E-state index in [2.05, 4.69) is 32.9 Å². The van der Waals surface area contributed by atoms with Crippen LogP contribution in [0.4, 0.5) is 0 Å². The van der Waals surface area contributed by atoms with Gasteiger partial charge in [0.15, 0.2) is 0 Å². The van der Waals surface area contributed by atoms with E-state index in [1.165, 1.54) is 25.0 Å². The number of aliphatic carboxylic acids is 1. The Balaban J connectivity index is 1.75. The molecular weight excluding hydrogens is 536 g/mol. The van der Waals surface area contributed by atoms with Gasteiger partial charge in [0.2, 0.25) is 0 Å². The number of ether oxygens (including phenoxy) is 3. The van der Waals surface area contributed by atoms with Gasteiger partial charge in [-0.05, 0) is 86.7 Å². The largest absolute Gasteiger partial charge is 0.478 e. The van der Waals surface area contributed by atoms with Gasteiger partial charge in [0.1, 0.15) is 18.3 Å². The highest BCUT2D eigenvalue weighted by Gasteiger charge is 2.64. The van der Waals surface area contributed by atoms with Gasteiger partial charge in [-0.1, -0.05) is 39.0 Å². The molecule has 0 bridgehead atoms. The Morgan fingerprint density at radius 2 is 1.76 bits per heavy atom. The molecule has 4 aliphatic rings. The van der Waals surface area contributed by atoms with E-state index < -0.39 is 23.1 Å². The smallest absolute Gasteiger partial charge is 0.330 e. The number of hydrogen-bond donors (Lipinski definition) is 1. The zero-order valence-electron chi connectivity index (χ0n) is 26.5. The van der Waals surface area contributed by atoms with Crippen molar-refractivity contribution >= 4 is 23.9 Å². The number of carboxylic acids is 1. The van der Waals surface area contributed by atoms with Crippen LogP contribution >= 0.6 is 0 Å². The third-order valence-corrected chi connectivity index (χ3v) is 11.5. The van der Waals surface area contributed by atoms with E-state index in [-0.39, 0.29) is 65.1 Å². The van der Waals surface area contributed by atoms with Gasteiger partial charge < -0.3 is 19.3 Å². The summed E-state index contributed by atoms with van der Waals surface area (Å²) in [6.07, 6.45) is 10.5. The second kappa shape index (κ2) is 11.3. The highest BCUT2D eigenvalue weighted by atomic mass is 16.6. The van der Waals surface area contributed by atoms with Crippen molar-refractivity contribution in [2.24, 2.45) is 34.0 Å².